The quantitative estimate of drug-likeness (QED) is 0.364. The van der Waals surface area contributed by atoms with Crippen molar-refractivity contribution in [2.24, 2.45) is 0 Å². The number of esters is 3. The summed E-state index contributed by atoms with van der Waals surface area (Å²) >= 11 is 5.48. The van der Waals surface area contributed by atoms with E-state index in [1.54, 1.807) is 0 Å². The molecule has 0 bridgehead atoms. The molecule has 2 amide bonds. The van der Waals surface area contributed by atoms with E-state index in [4.69, 9.17) is 30.5 Å². The van der Waals surface area contributed by atoms with Gasteiger partial charge in [0.05, 0.1) is 6.61 Å². The van der Waals surface area contributed by atoms with E-state index in [0.29, 0.717) is 0 Å². The Balaban J connectivity index is 2.96. The van der Waals surface area contributed by atoms with Crippen molar-refractivity contribution in [3.63, 3.8) is 0 Å². The number of carbonyl (C=O) groups is 4. The highest BCUT2D eigenvalue weighted by Gasteiger charge is 2.47. The van der Waals surface area contributed by atoms with Crippen LogP contribution in [0.1, 0.15) is 20.8 Å². The van der Waals surface area contributed by atoms with Gasteiger partial charge in [-0.25, -0.2) is 4.79 Å². The van der Waals surface area contributed by atoms with Gasteiger partial charge >= 0.3 is 23.9 Å². The lowest BCUT2D eigenvalue weighted by molar-refractivity contribution is -0.228. The minimum atomic E-state index is -1.21. The van der Waals surface area contributed by atoms with Crippen molar-refractivity contribution in [1.82, 2.24) is 10.6 Å². The molecule has 25 heavy (non-hydrogen) atoms. The van der Waals surface area contributed by atoms with E-state index in [0.717, 1.165) is 13.8 Å². The van der Waals surface area contributed by atoms with Gasteiger partial charge in [0.2, 0.25) is 0 Å². The lowest BCUT2D eigenvalue weighted by Gasteiger charge is -2.40. The Kier molecular flexibility index (Phi) is 8.42. The van der Waals surface area contributed by atoms with E-state index in [1.165, 1.54) is 6.92 Å². The zero-order chi connectivity index (χ0) is 19.0. The van der Waals surface area contributed by atoms with Gasteiger partial charge in [-0.05, 0) is 0 Å². The molecule has 1 fully saturated rings. The average Bonchev–Trinajstić information content (AvgIpc) is 2.49. The highest BCUT2D eigenvalue weighted by atomic mass is 35.5. The first kappa shape index (κ1) is 21.0. The van der Waals surface area contributed by atoms with Crippen molar-refractivity contribution in [3.05, 3.63) is 0 Å². The van der Waals surface area contributed by atoms with E-state index in [2.05, 4.69) is 10.6 Å². The molecule has 1 rings (SSSR count). The van der Waals surface area contributed by atoms with Crippen LogP contribution in [0.3, 0.4) is 0 Å². The third-order valence-corrected chi connectivity index (χ3v) is 3.19. The van der Waals surface area contributed by atoms with Crippen LogP contribution in [0.5, 0.6) is 0 Å². The molecule has 0 saturated carbocycles. The molecule has 0 aromatic carbocycles. The zero-order valence-corrected chi connectivity index (χ0v) is 14.8. The highest BCUT2D eigenvalue weighted by molar-refractivity contribution is 6.18. The van der Waals surface area contributed by atoms with E-state index in [-0.39, 0.29) is 19.0 Å². The van der Waals surface area contributed by atoms with Crippen LogP contribution in [0, 0.1) is 0 Å². The third-order valence-electron chi connectivity index (χ3n) is 3.00. The van der Waals surface area contributed by atoms with Crippen LogP contribution in [-0.4, -0.2) is 67.5 Å². The first-order chi connectivity index (χ1) is 11.7. The lowest BCUT2D eigenvalue weighted by Crippen LogP contribution is -2.63. The Labute approximate surface area is 149 Å². The van der Waals surface area contributed by atoms with Crippen LogP contribution < -0.4 is 10.6 Å². The molecular weight excluding hydrogens is 360 g/mol. The maximum absolute atomic E-state index is 11.8. The topological polar surface area (TPSA) is 129 Å². The van der Waals surface area contributed by atoms with Crippen LogP contribution in [0.15, 0.2) is 0 Å². The molecule has 142 valence electrons. The van der Waals surface area contributed by atoms with Crippen molar-refractivity contribution in [3.8, 4) is 0 Å². The smallest absolute Gasteiger partial charge is 0.316 e. The predicted octanol–water partition coefficient (Wildman–Crippen LogP) is -0.324. The number of alkyl halides is 1. The molecule has 0 unspecified atom stereocenters. The molecule has 1 aliphatic heterocycles. The van der Waals surface area contributed by atoms with Gasteiger partial charge in [0, 0.05) is 33.2 Å². The average molecular weight is 381 g/mol. The number of ether oxygens (including phenoxy) is 4. The Morgan fingerprint density at radius 2 is 1.56 bits per heavy atom. The molecule has 10 nitrogen and oxygen atoms in total. The van der Waals surface area contributed by atoms with E-state index in [1.807, 2.05) is 0 Å². The normalized spacial score (nSPS) is 25.4. The maximum Gasteiger partial charge on any atom is 0.316 e. The molecule has 1 heterocycles. The molecule has 11 heteroatoms. The number of hydrogen-bond donors (Lipinski definition) is 2. The number of urea groups is 1. The molecule has 4 atom stereocenters. The molecule has 0 aliphatic carbocycles. The summed E-state index contributed by atoms with van der Waals surface area (Å²) in [5, 5.41) is 4.90. The van der Waals surface area contributed by atoms with Crippen LogP contribution in [-0.2, 0) is 33.3 Å². The van der Waals surface area contributed by atoms with Crippen molar-refractivity contribution >= 4 is 35.5 Å². The second kappa shape index (κ2) is 10.0. The summed E-state index contributed by atoms with van der Waals surface area (Å²) in [5.74, 6) is -1.79. The summed E-state index contributed by atoms with van der Waals surface area (Å²) in [7, 11) is 0. The number of hydrogen-bond acceptors (Lipinski definition) is 8. The van der Waals surface area contributed by atoms with Crippen molar-refractivity contribution in [2.75, 3.05) is 19.0 Å². The van der Waals surface area contributed by atoms with Gasteiger partial charge in [0.25, 0.3) is 0 Å². The van der Waals surface area contributed by atoms with Crippen LogP contribution in [0.4, 0.5) is 4.79 Å². The summed E-state index contributed by atoms with van der Waals surface area (Å²) in [6.07, 6.45) is -4.45. The monoisotopic (exact) mass is 380 g/mol. The molecule has 1 saturated heterocycles. The Hall–Kier alpha value is -2.07. The second-order valence-corrected chi connectivity index (χ2v) is 5.52. The number of carbonyl (C=O) groups excluding carboxylic acids is 4. The summed E-state index contributed by atoms with van der Waals surface area (Å²) in [4.78, 5) is 45.8. The minimum Gasteiger partial charge on any atom is -0.456 e. The number of nitrogens with one attached hydrogen (secondary N) is 2. The largest absolute Gasteiger partial charge is 0.456 e. The van der Waals surface area contributed by atoms with Crippen LogP contribution in [0.25, 0.3) is 0 Å². The summed E-state index contributed by atoms with van der Waals surface area (Å²) in [5.41, 5.74) is 0. The molecule has 0 radical (unpaired) electrons. The predicted molar refractivity (Wildman–Crippen MR) is 83.7 cm³/mol. The molecular formula is C14H21ClN2O8. The van der Waals surface area contributed by atoms with Crippen molar-refractivity contribution < 1.29 is 38.1 Å². The van der Waals surface area contributed by atoms with Gasteiger partial charge < -0.3 is 29.6 Å². The number of halogens is 1. The number of amides is 2. The lowest BCUT2D eigenvalue weighted by atomic mass is 10.0. The van der Waals surface area contributed by atoms with E-state index < -0.39 is 48.5 Å². The van der Waals surface area contributed by atoms with Gasteiger partial charge in [-0.15, -0.1) is 11.6 Å². The zero-order valence-electron chi connectivity index (χ0n) is 14.1. The van der Waals surface area contributed by atoms with Crippen molar-refractivity contribution in [2.45, 2.75) is 45.3 Å². The van der Waals surface area contributed by atoms with Gasteiger partial charge in [0.15, 0.2) is 24.5 Å². The Morgan fingerprint density at radius 1 is 1.00 bits per heavy atom. The summed E-state index contributed by atoms with van der Waals surface area (Å²) in [6.45, 7) is 3.51. The van der Waals surface area contributed by atoms with Gasteiger partial charge in [-0.3, -0.25) is 14.4 Å². The first-order valence-corrected chi connectivity index (χ1v) is 8.01. The molecule has 2 N–H and O–H groups in total. The Morgan fingerprint density at radius 3 is 2.08 bits per heavy atom. The summed E-state index contributed by atoms with van der Waals surface area (Å²) < 4.78 is 20.8. The highest BCUT2D eigenvalue weighted by Crippen LogP contribution is 2.23. The SMILES string of the molecule is CC(=O)O[C@@H]1[C@@H](OC(C)=O)[C@H](OC(C)=O)CO[C@H]1NC(=O)NCCCl. The molecule has 1 aliphatic rings. The van der Waals surface area contributed by atoms with Crippen LogP contribution in [0.2, 0.25) is 0 Å². The van der Waals surface area contributed by atoms with E-state index in [9.17, 15) is 19.2 Å². The van der Waals surface area contributed by atoms with E-state index >= 15 is 0 Å². The van der Waals surface area contributed by atoms with Gasteiger partial charge in [-0.2, -0.15) is 0 Å². The fraction of sp³-hybridized carbons (Fsp3) is 0.714. The standard InChI is InChI=1S/C14H21ClN2O8/c1-7(18)23-10-6-22-13(17-14(21)16-5-4-15)12(25-9(3)20)11(10)24-8(2)19/h10-13H,4-6H2,1-3H3,(H2,16,17,21)/t10-,11+,12-,13-/m1/s1. The Bertz CT molecular complexity index is 515. The minimum absolute atomic E-state index is 0.171. The fourth-order valence-corrected chi connectivity index (χ4v) is 2.30. The molecule has 0 aromatic rings. The maximum atomic E-state index is 11.8. The van der Waals surface area contributed by atoms with Crippen molar-refractivity contribution in [1.29, 1.82) is 0 Å². The molecule has 0 spiro atoms. The van der Waals surface area contributed by atoms with Crippen LogP contribution >= 0.6 is 11.6 Å². The van der Waals surface area contributed by atoms with Gasteiger partial charge in [0.1, 0.15) is 0 Å². The first-order valence-electron chi connectivity index (χ1n) is 7.48. The summed E-state index contributed by atoms with van der Waals surface area (Å²) in [6, 6.07) is -0.615. The molecule has 0 aromatic heterocycles. The third kappa shape index (κ3) is 7.14. The fourth-order valence-electron chi connectivity index (χ4n) is 2.21. The second-order valence-electron chi connectivity index (χ2n) is 5.14. The van der Waals surface area contributed by atoms with Gasteiger partial charge in [-0.1, -0.05) is 0 Å². The number of rotatable bonds is 6.